The molecule has 8 heteroatoms. The molecular formula is C33H23ClN4O2S. The summed E-state index contributed by atoms with van der Waals surface area (Å²) in [5.41, 5.74) is 8.58. The molecule has 0 saturated carbocycles. The highest BCUT2D eigenvalue weighted by molar-refractivity contribution is 7.22. The molecule has 1 N–H and O–H groups in total. The lowest BCUT2D eigenvalue weighted by Gasteiger charge is -2.52. The molecule has 200 valence electrons. The number of fused-ring (bicyclic) bond motifs is 1. The van der Waals surface area contributed by atoms with Crippen LogP contribution in [0.2, 0.25) is 5.02 Å². The second-order valence-corrected chi connectivity index (χ2v) is 12.3. The zero-order valence-electron chi connectivity index (χ0n) is 21.9. The van der Waals surface area contributed by atoms with Crippen LogP contribution in [-0.2, 0) is 15.0 Å². The number of thiazole rings is 1. The Balaban J connectivity index is 1.32. The van der Waals surface area contributed by atoms with Crippen LogP contribution >= 0.6 is 22.9 Å². The molecule has 2 heterocycles. The zero-order valence-corrected chi connectivity index (χ0v) is 23.5. The molecule has 41 heavy (non-hydrogen) atoms. The van der Waals surface area contributed by atoms with E-state index in [2.05, 4.69) is 34.7 Å². The Morgan fingerprint density at radius 1 is 0.927 bits per heavy atom. The fourth-order valence-electron chi connectivity index (χ4n) is 7.13. The van der Waals surface area contributed by atoms with E-state index in [1.807, 2.05) is 67.7 Å². The minimum Gasteiger partial charge on any atom is -0.274 e. The molecule has 5 aromatic rings. The van der Waals surface area contributed by atoms with Gasteiger partial charge < -0.3 is 0 Å². The van der Waals surface area contributed by atoms with Crippen LogP contribution in [-0.4, -0.2) is 23.0 Å². The Morgan fingerprint density at radius 3 is 2.32 bits per heavy atom. The van der Waals surface area contributed by atoms with E-state index in [0.717, 1.165) is 38.0 Å². The third kappa shape index (κ3) is 3.30. The Hall–Kier alpha value is -4.33. The average molecular weight is 575 g/mol. The molecule has 0 spiro atoms. The third-order valence-electron chi connectivity index (χ3n) is 8.82. The van der Waals surface area contributed by atoms with E-state index in [4.69, 9.17) is 16.7 Å². The quantitative estimate of drug-likeness (QED) is 0.144. The van der Waals surface area contributed by atoms with Crippen LogP contribution in [0.3, 0.4) is 0 Å². The normalized spacial score (nSPS) is 24.1. The van der Waals surface area contributed by atoms with Crippen LogP contribution in [0.15, 0.2) is 96.1 Å². The molecule has 3 aliphatic carbocycles. The molecule has 2 bridgehead atoms. The molecule has 1 aliphatic heterocycles. The molecule has 9 rings (SSSR count). The highest BCUT2D eigenvalue weighted by Gasteiger charge is 2.68. The van der Waals surface area contributed by atoms with Crippen molar-refractivity contribution < 1.29 is 9.59 Å². The van der Waals surface area contributed by atoms with Crippen molar-refractivity contribution >= 4 is 62.0 Å². The number of aryl methyl sites for hydroxylation is 1. The molecule has 1 saturated heterocycles. The van der Waals surface area contributed by atoms with Gasteiger partial charge in [-0.1, -0.05) is 89.7 Å². The van der Waals surface area contributed by atoms with Crippen molar-refractivity contribution in [1.82, 2.24) is 4.98 Å². The SMILES string of the molecule is Cc1ccc(N2C(=O)[C@@H]3C4c5ccccc5C(/C=N\Nc5nc6ccccc6s5)(c5ccccc54)[C@H]3C2=O)cc1Cl. The molecular weight excluding hydrogens is 552 g/mol. The molecule has 6 nitrogen and oxygen atoms in total. The van der Waals surface area contributed by atoms with Gasteiger partial charge in [-0.25, -0.2) is 9.88 Å². The highest BCUT2D eigenvalue weighted by atomic mass is 35.5. The molecule has 0 unspecified atom stereocenters. The number of carbonyl (C=O) groups excluding carboxylic acids is 2. The predicted molar refractivity (Wildman–Crippen MR) is 163 cm³/mol. The van der Waals surface area contributed by atoms with E-state index in [1.165, 1.54) is 16.2 Å². The molecule has 2 amide bonds. The average Bonchev–Trinajstić information content (AvgIpc) is 3.53. The summed E-state index contributed by atoms with van der Waals surface area (Å²) in [6.45, 7) is 1.90. The lowest BCUT2D eigenvalue weighted by atomic mass is 9.47. The van der Waals surface area contributed by atoms with E-state index >= 15 is 0 Å². The summed E-state index contributed by atoms with van der Waals surface area (Å²) in [7, 11) is 0. The third-order valence-corrected chi connectivity index (χ3v) is 10.2. The fraction of sp³-hybridized carbons (Fsp3) is 0.152. The lowest BCUT2D eigenvalue weighted by molar-refractivity contribution is -0.122. The molecule has 0 radical (unpaired) electrons. The fourth-order valence-corrected chi connectivity index (χ4v) is 8.12. The first-order chi connectivity index (χ1) is 20.0. The van der Waals surface area contributed by atoms with Crippen LogP contribution in [0, 0.1) is 18.8 Å². The number of hydrazone groups is 1. The first-order valence-electron chi connectivity index (χ1n) is 13.5. The number of benzene rings is 4. The van der Waals surface area contributed by atoms with Crippen LogP contribution in [0.5, 0.6) is 0 Å². The molecule has 4 aromatic carbocycles. The number of halogens is 1. The van der Waals surface area contributed by atoms with Gasteiger partial charge in [-0.05, 0) is 59.0 Å². The van der Waals surface area contributed by atoms with E-state index in [9.17, 15) is 9.59 Å². The zero-order chi connectivity index (χ0) is 27.9. The van der Waals surface area contributed by atoms with E-state index in [0.29, 0.717) is 15.8 Å². The Labute approximate surface area is 245 Å². The smallest absolute Gasteiger partial charge is 0.239 e. The van der Waals surface area contributed by atoms with Gasteiger partial charge in [-0.3, -0.25) is 15.0 Å². The van der Waals surface area contributed by atoms with Gasteiger partial charge in [0, 0.05) is 17.2 Å². The van der Waals surface area contributed by atoms with Gasteiger partial charge in [0.05, 0.1) is 33.2 Å². The maximum atomic E-state index is 14.5. The summed E-state index contributed by atoms with van der Waals surface area (Å²) < 4.78 is 1.06. The molecule has 1 fully saturated rings. The number of imide groups is 1. The maximum absolute atomic E-state index is 14.5. The van der Waals surface area contributed by atoms with E-state index in [1.54, 1.807) is 12.1 Å². The summed E-state index contributed by atoms with van der Waals surface area (Å²) in [4.78, 5) is 34.8. The number of amides is 2. The number of aromatic nitrogens is 1. The van der Waals surface area contributed by atoms with Crippen LogP contribution < -0.4 is 10.3 Å². The number of anilines is 2. The summed E-state index contributed by atoms with van der Waals surface area (Å²) in [6.07, 6.45) is 1.83. The van der Waals surface area contributed by atoms with Gasteiger partial charge >= 0.3 is 0 Å². The van der Waals surface area contributed by atoms with E-state index in [-0.39, 0.29) is 17.7 Å². The first-order valence-corrected chi connectivity index (χ1v) is 14.7. The van der Waals surface area contributed by atoms with Crippen molar-refractivity contribution in [1.29, 1.82) is 0 Å². The van der Waals surface area contributed by atoms with Crippen molar-refractivity contribution in [2.24, 2.45) is 16.9 Å². The highest BCUT2D eigenvalue weighted by Crippen LogP contribution is 2.63. The number of nitrogens with one attached hydrogen (secondary N) is 1. The van der Waals surface area contributed by atoms with Crippen LogP contribution in [0.4, 0.5) is 10.8 Å². The molecule has 1 aromatic heterocycles. The van der Waals surface area contributed by atoms with Gasteiger partial charge in [-0.15, -0.1) is 0 Å². The van der Waals surface area contributed by atoms with Gasteiger partial charge in [0.2, 0.25) is 16.9 Å². The lowest BCUT2D eigenvalue weighted by Crippen LogP contribution is -2.54. The van der Waals surface area contributed by atoms with Gasteiger partial charge in [0.15, 0.2) is 0 Å². The second kappa shape index (κ2) is 8.83. The predicted octanol–water partition coefficient (Wildman–Crippen LogP) is 6.91. The number of rotatable bonds is 4. The van der Waals surface area contributed by atoms with Gasteiger partial charge in [0.25, 0.3) is 0 Å². The van der Waals surface area contributed by atoms with Crippen molar-refractivity contribution in [3.05, 3.63) is 124 Å². The Bertz CT molecular complexity index is 1870. The van der Waals surface area contributed by atoms with Gasteiger partial charge in [0.1, 0.15) is 0 Å². The standard InChI is InChI=1S/C33H23ClN4O2S/c1-18-14-15-19(16-24(18)34)38-30(39)28-27-20-8-2-4-10-22(20)33(29(28)31(38)40,23-11-5-3-9-21(23)27)17-35-37-32-36-25-12-6-7-13-26(25)41-32/h2-17,27-29H,1H3,(H,36,37)/b35-17-/t27?,28-,29-,33?/m1/s1. The number of para-hydroxylation sites is 1. The minimum atomic E-state index is -0.952. The summed E-state index contributed by atoms with van der Waals surface area (Å²) >= 11 is 7.97. The number of hydrogen-bond acceptors (Lipinski definition) is 6. The number of carbonyl (C=O) groups is 2. The Morgan fingerprint density at radius 2 is 1.61 bits per heavy atom. The maximum Gasteiger partial charge on any atom is 0.239 e. The summed E-state index contributed by atoms with van der Waals surface area (Å²) in [5.74, 6) is -1.90. The van der Waals surface area contributed by atoms with Crippen LogP contribution in [0.1, 0.15) is 33.7 Å². The van der Waals surface area contributed by atoms with Crippen LogP contribution in [0.25, 0.3) is 10.2 Å². The largest absolute Gasteiger partial charge is 0.274 e. The van der Waals surface area contributed by atoms with E-state index < -0.39 is 17.3 Å². The topological polar surface area (TPSA) is 74.7 Å². The van der Waals surface area contributed by atoms with Crippen molar-refractivity contribution in [2.45, 2.75) is 18.3 Å². The number of nitrogens with zero attached hydrogens (tertiary/aromatic N) is 3. The first kappa shape index (κ1) is 24.5. The summed E-state index contributed by atoms with van der Waals surface area (Å²) in [5, 5.41) is 5.92. The number of hydrogen-bond donors (Lipinski definition) is 1. The molecule has 2 atom stereocenters. The Kier molecular flexibility index (Phi) is 5.27. The van der Waals surface area contributed by atoms with Crippen molar-refractivity contribution in [3.8, 4) is 0 Å². The van der Waals surface area contributed by atoms with Crippen molar-refractivity contribution in [3.63, 3.8) is 0 Å². The van der Waals surface area contributed by atoms with Gasteiger partial charge in [-0.2, -0.15) is 5.10 Å². The second-order valence-electron chi connectivity index (χ2n) is 10.8. The molecule has 4 aliphatic rings. The summed E-state index contributed by atoms with van der Waals surface area (Å²) in [6, 6.07) is 29.6. The minimum absolute atomic E-state index is 0.203. The van der Waals surface area contributed by atoms with Crippen molar-refractivity contribution in [2.75, 3.05) is 10.3 Å². The monoisotopic (exact) mass is 574 g/mol.